The van der Waals surface area contributed by atoms with Gasteiger partial charge in [0.05, 0.1) is 11.6 Å². The Kier molecular flexibility index (Phi) is 5.50. The highest BCUT2D eigenvalue weighted by Crippen LogP contribution is 2.21. The van der Waals surface area contributed by atoms with Gasteiger partial charge in [-0.2, -0.15) is 11.3 Å². The van der Waals surface area contributed by atoms with Crippen molar-refractivity contribution >= 4 is 33.2 Å². The molecule has 0 saturated carbocycles. The van der Waals surface area contributed by atoms with Crippen molar-refractivity contribution in [1.82, 2.24) is 10.2 Å². The fourth-order valence-corrected chi connectivity index (χ4v) is 3.15. The molecule has 2 aromatic rings. The van der Waals surface area contributed by atoms with Gasteiger partial charge in [0.1, 0.15) is 5.82 Å². The standard InChI is InChI=1S/C15H16BrFN2OS/c1-19(2)14(10-5-6-21-9-10)8-18-15(20)12-7-11(17)3-4-13(12)16/h3-7,9,14H,8H2,1-2H3,(H,18,20). The molecule has 0 spiro atoms. The average molecular weight is 371 g/mol. The van der Waals surface area contributed by atoms with E-state index in [-0.39, 0.29) is 11.9 Å². The van der Waals surface area contributed by atoms with Gasteiger partial charge in [0.2, 0.25) is 0 Å². The molecule has 1 heterocycles. The van der Waals surface area contributed by atoms with E-state index >= 15 is 0 Å². The number of likely N-dealkylation sites (N-methyl/N-ethyl adjacent to an activating group) is 1. The SMILES string of the molecule is CN(C)C(CNC(=O)c1cc(F)ccc1Br)c1ccsc1. The number of hydrogen-bond donors (Lipinski definition) is 1. The average Bonchev–Trinajstić information content (AvgIpc) is 2.95. The number of halogens is 2. The molecule has 1 N–H and O–H groups in total. The Morgan fingerprint density at radius 2 is 2.19 bits per heavy atom. The van der Waals surface area contributed by atoms with Gasteiger partial charge in [-0.25, -0.2) is 4.39 Å². The third kappa shape index (κ3) is 4.12. The van der Waals surface area contributed by atoms with Crippen LogP contribution in [0.15, 0.2) is 39.5 Å². The maximum Gasteiger partial charge on any atom is 0.252 e. The predicted molar refractivity (Wildman–Crippen MR) is 87.2 cm³/mol. The van der Waals surface area contributed by atoms with Gasteiger partial charge in [-0.3, -0.25) is 4.79 Å². The summed E-state index contributed by atoms with van der Waals surface area (Å²) in [5, 5.41) is 6.94. The molecule has 1 amide bonds. The summed E-state index contributed by atoms with van der Waals surface area (Å²) < 4.78 is 13.8. The summed E-state index contributed by atoms with van der Waals surface area (Å²) in [4.78, 5) is 14.2. The van der Waals surface area contributed by atoms with Crippen molar-refractivity contribution < 1.29 is 9.18 Å². The minimum absolute atomic E-state index is 0.0903. The van der Waals surface area contributed by atoms with Gasteiger partial charge in [0.25, 0.3) is 5.91 Å². The molecular formula is C15H16BrFN2OS. The Bertz CT molecular complexity index is 616. The zero-order chi connectivity index (χ0) is 15.4. The van der Waals surface area contributed by atoms with Crippen LogP contribution in [0.1, 0.15) is 22.0 Å². The Morgan fingerprint density at radius 3 is 2.81 bits per heavy atom. The van der Waals surface area contributed by atoms with E-state index in [0.29, 0.717) is 16.6 Å². The number of amides is 1. The van der Waals surface area contributed by atoms with Crippen LogP contribution in [0, 0.1) is 5.82 Å². The molecule has 0 fully saturated rings. The lowest BCUT2D eigenvalue weighted by atomic mass is 10.1. The smallest absolute Gasteiger partial charge is 0.252 e. The first kappa shape index (κ1) is 16.1. The molecule has 112 valence electrons. The van der Waals surface area contributed by atoms with E-state index in [4.69, 9.17) is 0 Å². The molecule has 0 aliphatic rings. The summed E-state index contributed by atoms with van der Waals surface area (Å²) >= 11 is 4.89. The van der Waals surface area contributed by atoms with Crippen LogP contribution in [0.2, 0.25) is 0 Å². The van der Waals surface area contributed by atoms with Crippen LogP contribution in [0.3, 0.4) is 0 Å². The van der Waals surface area contributed by atoms with Crippen molar-refractivity contribution in [2.24, 2.45) is 0 Å². The van der Waals surface area contributed by atoms with Gasteiger partial charge in [-0.1, -0.05) is 0 Å². The highest BCUT2D eigenvalue weighted by Gasteiger charge is 2.17. The number of hydrogen-bond acceptors (Lipinski definition) is 3. The van der Waals surface area contributed by atoms with Crippen LogP contribution in [-0.2, 0) is 0 Å². The van der Waals surface area contributed by atoms with E-state index in [9.17, 15) is 9.18 Å². The van der Waals surface area contributed by atoms with Crippen LogP contribution in [0.25, 0.3) is 0 Å². The first-order chi connectivity index (χ1) is 9.99. The maximum absolute atomic E-state index is 13.3. The number of rotatable bonds is 5. The summed E-state index contributed by atoms with van der Waals surface area (Å²) in [5.41, 5.74) is 1.46. The molecule has 0 saturated heterocycles. The summed E-state index contributed by atoms with van der Waals surface area (Å²) in [6, 6.07) is 6.21. The summed E-state index contributed by atoms with van der Waals surface area (Å²) in [5.74, 6) is -0.714. The van der Waals surface area contributed by atoms with E-state index in [0.717, 1.165) is 5.56 Å². The highest BCUT2D eigenvalue weighted by atomic mass is 79.9. The summed E-state index contributed by atoms with van der Waals surface area (Å²) in [6.45, 7) is 0.464. The van der Waals surface area contributed by atoms with Crippen LogP contribution in [0.4, 0.5) is 4.39 Å². The minimum atomic E-state index is -0.426. The molecule has 0 radical (unpaired) electrons. The fourth-order valence-electron chi connectivity index (χ4n) is 2.02. The maximum atomic E-state index is 13.3. The van der Waals surface area contributed by atoms with Crippen LogP contribution >= 0.6 is 27.3 Å². The topological polar surface area (TPSA) is 32.3 Å². The van der Waals surface area contributed by atoms with Crippen molar-refractivity contribution in [3.63, 3.8) is 0 Å². The molecule has 0 aliphatic carbocycles. The number of carbonyl (C=O) groups is 1. The third-order valence-electron chi connectivity index (χ3n) is 3.18. The van der Waals surface area contributed by atoms with E-state index in [1.807, 2.05) is 30.4 Å². The second-order valence-corrected chi connectivity index (χ2v) is 6.50. The van der Waals surface area contributed by atoms with Gasteiger partial charge in [0, 0.05) is 11.0 Å². The largest absolute Gasteiger partial charge is 0.350 e. The lowest BCUT2D eigenvalue weighted by molar-refractivity contribution is 0.0940. The minimum Gasteiger partial charge on any atom is -0.350 e. The number of carbonyl (C=O) groups excluding carboxylic acids is 1. The van der Waals surface area contributed by atoms with Crippen molar-refractivity contribution in [2.45, 2.75) is 6.04 Å². The Hall–Kier alpha value is -1.24. The van der Waals surface area contributed by atoms with E-state index in [1.54, 1.807) is 11.3 Å². The third-order valence-corrected chi connectivity index (χ3v) is 4.57. The van der Waals surface area contributed by atoms with Crippen LogP contribution in [-0.4, -0.2) is 31.4 Å². The van der Waals surface area contributed by atoms with Crippen LogP contribution < -0.4 is 5.32 Å². The molecule has 6 heteroatoms. The Labute approximate surface area is 135 Å². The number of benzene rings is 1. The van der Waals surface area contributed by atoms with Gasteiger partial charge in [0.15, 0.2) is 0 Å². The molecule has 1 atom stereocenters. The van der Waals surface area contributed by atoms with Gasteiger partial charge in [-0.05, 0) is 70.6 Å². The quantitative estimate of drug-likeness (QED) is 0.870. The molecule has 0 aliphatic heterocycles. The molecule has 1 aromatic heterocycles. The van der Waals surface area contributed by atoms with Crippen molar-refractivity contribution in [3.8, 4) is 0 Å². The number of nitrogens with one attached hydrogen (secondary N) is 1. The number of nitrogens with zero attached hydrogens (tertiary/aromatic N) is 1. The van der Waals surface area contributed by atoms with Gasteiger partial charge >= 0.3 is 0 Å². The molecular weight excluding hydrogens is 355 g/mol. The second kappa shape index (κ2) is 7.15. The van der Waals surface area contributed by atoms with Gasteiger partial charge in [-0.15, -0.1) is 0 Å². The Morgan fingerprint density at radius 1 is 1.43 bits per heavy atom. The normalized spacial score (nSPS) is 12.4. The van der Waals surface area contributed by atoms with Crippen LogP contribution in [0.5, 0.6) is 0 Å². The summed E-state index contributed by atoms with van der Waals surface area (Å²) in [7, 11) is 3.93. The zero-order valence-electron chi connectivity index (χ0n) is 11.8. The first-order valence-electron chi connectivity index (χ1n) is 6.41. The van der Waals surface area contributed by atoms with Gasteiger partial charge < -0.3 is 10.2 Å². The summed E-state index contributed by atoms with van der Waals surface area (Å²) in [6.07, 6.45) is 0. The van der Waals surface area contributed by atoms with Crippen molar-refractivity contribution in [1.29, 1.82) is 0 Å². The monoisotopic (exact) mass is 370 g/mol. The van der Waals surface area contributed by atoms with E-state index in [1.165, 1.54) is 18.2 Å². The Balaban J connectivity index is 2.07. The van der Waals surface area contributed by atoms with Crippen molar-refractivity contribution in [3.05, 3.63) is 56.4 Å². The fraction of sp³-hybridized carbons (Fsp3) is 0.267. The lowest BCUT2D eigenvalue weighted by Crippen LogP contribution is -2.34. The molecule has 1 aromatic carbocycles. The lowest BCUT2D eigenvalue weighted by Gasteiger charge is -2.24. The zero-order valence-corrected chi connectivity index (χ0v) is 14.2. The predicted octanol–water partition coefficient (Wildman–Crippen LogP) is 3.68. The van der Waals surface area contributed by atoms with E-state index < -0.39 is 5.82 Å². The highest BCUT2D eigenvalue weighted by molar-refractivity contribution is 9.10. The molecule has 2 rings (SSSR count). The molecule has 3 nitrogen and oxygen atoms in total. The molecule has 0 bridgehead atoms. The number of thiophene rings is 1. The molecule has 1 unspecified atom stereocenters. The molecule has 21 heavy (non-hydrogen) atoms. The first-order valence-corrected chi connectivity index (χ1v) is 8.14. The second-order valence-electron chi connectivity index (χ2n) is 4.87. The van der Waals surface area contributed by atoms with Crippen molar-refractivity contribution in [2.75, 3.05) is 20.6 Å². The van der Waals surface area contributed by atoms with E-state index in [2.05, 4.69) is 26.6 Å².